The van der Waals surface area contributed by atoms with Crippen LogP contribution in [0.25, 0.3) is 0 Å². The molecule has 1 heterocycles. The number of hydrogen-bond donors (Lipinski definition) is 1. The first-order chi connectivity index (χ1) is 9.86. The van der Waals surface area contributed by atoms with Crippen LogP contribution in [0.1, 0.15) is 23.4 Å². The van der Waals surface area contributed by atoms with Gasteiger partial charge in [-0.25, -0.2) is 4.98 Å². The van der Waals surface area contributed by atoms with Gasteiger partial charge in [0.2, 0.25) is 0 Å². The van der Waals surface area contributed by atoms with Crippen molar-refractivity contribution in [2.24, 2.45) is 5.92 Å². The first kappa shape index (κ1) is 13.7. The average molecular weight is 288 g/mol. The molecule has 1 saturated carbocycles. The van der Waals surface area contributed by atoms with E-state index in [9.17, 15) is 5.11 Å². The normalized spacial score (nSPS) is 16.5. The molecule has 20 heavy (non-hydrogen) atoms. The number of aliphatic hydroxyl groups excluding tert-OH is 1. The lowest BCUT2D eigenvalue weighted by atomic mass is 10.1. The summed E-state index contributed by atoms with van der Waals surface area (Å²) in [5.74, 6) is 0.656. The highest BCUT2D eigenvalue weighted by Crippen LogP contribution is 2.36. The number of rotatable bonds is 7. The second-order valence-electron chi connectivity index (χ2n) is 5.40. The highest BCUT2D eigenvalue weighted by molar-refractivity contribution is 7.09. The summed E-state index contributed by atoms with van der Waals surface area (Å²) in [5.41, 5.74) is 1.29. The largest absolute Gasteiger partial charge is 0.395 e. The van der Waals surface area contributed by atoms with Crippen LogP contribution < -0.4 is 0 Å². The molecule has 4 heteroatoms. The van der Waals surface area contributed by atoms with Crippen molar-refractivity contribution in [3.63, 3.8) is 0 Å². The molecule has 0 bridgehead atoms. The molecule has 2 aromatic rings. The fourth-order valence-electron chi connectivity index (χ4n) is 2.66. The topological polar surface area (TPSA) is 36.4 Å². The van der Waals surface area contributed by atoms with Gasteiger partial charge in [-0.05, 0) is 24.3 Å². The smallest absolute Gasteiger partial charge is 0.107 e. The third-order valence-electron chi connectivity index (χ3n) is 3.87. The Labute approximate surface area is 123 Å². The van der Waals surface area contributed by atoms with Gasteiger partial charge < -0.3 is 5.11 Å². The van der Waals surface area contributed by atoms with Gasteiger partial charge >= 0.3 is 0 Å². The van der Waals surface area contributed by atoms with Crippen LogP contribution >= 0.6 is 11.3 Å². The van der Waals surface area contributed by atoms with Gasteiger partial charge in [-0.3, -0.25) is 4.90 Å². The zero-order chi connectivity index (χ0) is 13.8. The molecule has 1 N–H and O–H groups in total. The van der Waals surface area contributed by atoms with Crippen molar-refractivity contribution in [1.82, 2.24) is 9.88 Å². The molecule has 0 radical (unpaired) electrons. The maximum absolute atomic E-state index is 9.75. The Hall–Kier alpha value is -1.23. The molecule has 0 saturated heterocycles. The molecule has 1 aromatic carbocycles. The van der Waals surface area contributed by atoms with Gasteiger partial charge in [0, 0.05) is 24.2 Å². The van der Waals surface area contributed by atoms with Gasteiger partial charge in [-0.15, -0.1) is 11.3 Å². The van der Waals surface area contributed by atoms with E-state index in [-0.39, 0.29) is 12.6 Å². The zero-order valence-corrected chi connectivity index (χ0v) is 12.3. The molecule has 1 aliphatic rings. The van der Waals surface area contributed by atoms with Crippen molar-refractivity contribution < 1.29 is 5.11 Å². The Morgan fingerprint density at radius 2 is 2.05 bits per heavy atom. The minimum absolute atomic E-state index is 0.239. The van der Waals surface area contributed by atoms with Crippen LogP contribution in [0.4, 0.5) is 0 Å². The Morgan fingerprint density at radius 1 is 1.25 bits per heavy atom. The predicted molar refractivity (Wildman–Crippen MR) is 81.4 cm³/mol. The van der Waals surface area contributed by atoms with E-state index in [4.69, 9.17) is 0 Å². The average Bonchev–Trinajstić information content (AvgIpc) is 3.17. The minimum atomic E-state index is 0.239. The number of hydrogen-bond acceptors (Lipinski definition) is 4. The third-order valence-corrected chi connectivity index (χ3v) is 4.64. The standard InChI is InChI=1S/C16H20N2OS/c19-12-15(14-6-7-14)18(11-16-17-8-9-20-16)10-13-4-2-1-3-5-13/h1-5,8-9,14-15,19H,6-7,10-12H2. The molecule has 1 aromatic heterocycles. The first-order valence-corrected chi connectivity index (χ1v) is 8.02. The monoisotopic (exact) mass is 288 g/mol. The molecule has 1 aliphatic carbocycles. The Balaban J connectivity index is 1.75. The Morgan fingerprint density at radius 3 is 2.65 bits per heavy atom. The quantitative estimate of drug-likeness (QED) is 0.851. The lowest BCUT2D eigenvalue weighted by Crippen LogP contribution is -2.38. The second kappa shape index (κ2) is 6.48. The molecule has 1 unspecified atom stereocenters. The molecule has 0 aliphatic heterocycles. The maximum atomic E-state index is 9.75. The van der Waals surface area contributed by atoms with Crippen molar-refractivity contribution in [3.8, 4) is 0 Å². The number of nitrogens with zero attached hydrogens (tertiary/aromatic N) is 2. The van der Waals surface area contributed by atoms with Gasteiger partial charge in [-0.1, -0.05) is 30.3 Å². The van der Waals surface area contributed by atoms with Crippen LogP contribution in [0.5, 0.6) is 0 Å². The van der Waals surface area contributed by atoms with Crippen LogP contribution in [0, 0.1) is 5.92 Å². The van der Waals surface area contributed by atoms with Crippen LogP contribution in [0.3, 0.4) is 0 Å². The minimum Gasteiger partial charge on any atom is -0.395 e. The number of thiazole rings is 1. The Kier molecular flexibility index (Phi) is 4.45. The predicted octanol–water partition coefficient (Wildman–Crippen LogP) is 2.92. The Bertz CT molecular complexity index is 511. The summed E-state index contributed by atoms with van der Waals surface area (Å²) in [5, 5.41) is 12.9. The number of aliphatic hydroxyl groups is 1. The first-order valence-electron chi connectivity index (χ1n) is 7.14. The van der Waals surface area contributed by atoms with Crippen LogP contribution in [0.2, 0.25) is 0 Å². The fraction of sp³-hybridized carbons (Fsp3) is 0.438. The molecule has 3 nitrogen and oxygen atoms in total. The highest BCUT2D eigenvalue weighted by atomic mass is 32.1. The molecule has 106 valence electrons. The van der Waals surface area contributed by atoms with E-state index in [0.29, 0.717) is 5.92 Å². The van der Waals surface area contributed by atoms with Gasteiger partial charge in [0.15, 0.2) is 0 Å². The summed E-state index contributed by atoms with van der Waals surface area (Å²) >= 11 is 1.69. The summed E-state index contributed by atoms with van der Waals surface area (Å²) in [7, 11) is 0. The molecule has 1 atom stereocenters. The van der Waals surface area contributed by atoms with Crippen molar-refractivity contribution in [2.45, 2.75) is 32.0 Å². The molecular weight excluding hydrogens is 268 g/mol. The van der Waals surface area contributed by atoms with E-state index in [1.807, 2.05) is 17.6 Å². The van der Waals surface area contributed by atoms with E-state index in [0.717, 1.165) is 18.1 Å². The van der Waals surface area contributed by atoms with Crippen molar-refractivity contribution >= 4 is 11.3 Å². The number of benzene rings is 1. The lowest BCUT2D eigenvalue weighted by Gasteiger charge is -2.30. The van der Waals surface area contributed by atoms with Gasteiger partial charge in [0.1, 0.15) is 5.01 Å². The van der Waals surface area contributed by atoms with Crippen molar-refractivity contribution in [3.05, 3.63) is 52.5 Å². The molecule has 3 rings (SSSR count). The maximum Gasteiger partial charge on any atom is 0.107 e. The summed E-state index contributed by atoms with van der Waals surface area (Å²) in [6.45, 7) is 1.94. The van der Waals surface area contributed by atoms with E-state index in [1.165, 1.54) is 18.4 Å². The number of aromatic nitrogens is 1. The SMILES string of the molecule is OCC(C1CC1)N(Cc1ccccc1)Cc1nccs1. The van der Waals surface area contributed by atoms with E-state index >= 15 is 0 Å². The molecular formula is C16H20N2OS. The summed E-state index contributed by atoms with van der Waals surface area (Å²) in [6.07, 6.45) is 4.34. The van der Waals surface area contributed by atoms with Crippen LogP contribution in [-0.2, 0) is 13.1 Å². The molecule has 0 amide bonds. The fourth-order valence-corrected chi connectivity index (χ4v) is 3.30. The summed E-state index contributed by atoms with van der Waals surface area (Å²) in [6, 6.07) is 10.7. The summed E-state index contributed by atoms with van der Waals surface area (Å²) in [4.78, 5) is 6.77. The summed E-state index contributed by atoms with van der Waals surface area (Å²) < 4.78 is 0. The van der Waals surface area contributed by atoms with Crippen molar-refractivity contribution in [2.75, 3.05) is 6.61 Å². The van der Waals surface area contributed by atoms with Crippen LogP contribution in [0.15, 0.2) is 41.9 Å². The van der Waals surface area contributed by atoms with E-state index in [2.05, 4.69) is 34.1 Å². The van der Waals surface area contributed by atoms with E-state index < -0.39 is 0 Å². The molecule has 1 fully saturated rings. The third kappa shape index (κ3) is 3.45. The lowest BCUT2D eigenvalue weighted by molar-refractivity contribution is 0.0944. The second-order valence-corrected chi connectivity index (χ2v) is 6.38. The van der Waals surface area contributed by atoms with Gasteiger partial charge in [0.05, 0.1) is 13.2 Å². The van der Waals surface area contributed by atoms with Crippen molar-refractivity contribution in [1.29, 1.82) is 0 Å². The highest BCUT2D eigenvalue weighted by Gasteiger charge is 2.35. The molecule has 0 spiro atoms. The zero-order valence-electron chi connectivity index (χ0n) is 11.5. The van der Waals surface area contributed by atoms with Gasteiger partial charge in [-0.2, -0.15) is 0 Å². The van der Waals surface area contributed by atoms with E-state index in [1.54, 1.807) is 11.3 Å². The van der Waals surface area contributed by atoms with Crippen LogP contribution in [-0.4, -0.2) is 27.6 Å². The van der Waals surface area contributed by atoms with Gasteiger partial charge in [0.25, 0.3) is 0 Å².